The molecule has 1 aliphatic carbocycles. The lowest BCUT2D eigenvalue weighted by atomic mass is 10.1. The molecule has 0 unspecified atom stereocenters. The molecule has 3 nitrogen and oxygen atoms in total. The number of rotatable bonds is 4. The Bertz CT molecular complexity index is 311. The Hall–Kier alpha value is -1.51. The Morgan fingerprint density at radius 1 is 1.53 bits per heavy atom. The number of allylic oxidation sites excluding steroid dienone is 4. The smallest absolute Gasteiger partial charge is 0.309 e. The van der Waals surface area contributed by atoms with E-state index in [1.807, 2.05) is 24.3 Å². The number of methoxy groups -OCH3 is 1. The molecular weight excluding hydrogens is 192 g/mol. The molecule has 0 bridgehead atoms. The molecule has 0 aromatic carbocycles. The Balaban J connectivity index is 2.41. The van der Waals surface area contributed by atoms with E-state index >= 15 is 0 Å². The quantitative estimate of drug-likeness (QED) is 0.665. The second kappa shape index (κ2) is 6.06. The minimum atomic E-state index is -0.181. The fraction of sp³-hybridized carbons (Fsp3) is 0.417. The Morgan fingerprint density at radius 3 is 2.87 bits per heavy atom. The second-order valence-electron chi connectivity index (χ2n) is 3.14. The summed E-state index contributed by atoms with van der Waals surface area (Å²) >= 11 is 0. The summed E-state index contributed by atoms with van der Waals surface area (Å²) in [7, 11) is 1.64. The van der Waals surface area contributed by atoms with Crippen LogP contribution in [-0.2, 0) is 14.3 Å². The van der Waals surface area contributed by atoms with Crippen molar-refractivity contribution in [1.82, 2.24) is 0 Å². The lowest BCUT2D eigenvalue weighted by molar-refractivity contribution is -0.142. The molecular formula is C12H16O3. The third-order valence-corrected chi connectivity index (χ3v) is 2.07. The molecule has 0 aromatic heterocycles. The fourth-order valence-corrected chi connectivity index (χ4v) is 1.28. The standard InChI is InChI=1S/C12H16O3/c1-3-15-12(13)9-6-10-4-7-11(14-2)8-5-10/h4,6-8H,3,5,9H2,1-2H3/b10-6-. The maximum absolute atomic E-state index is 11.1. The van der Waals surface area contributed by atoms with E-state index in [-0.39, 0.29) is 5.97 Å². The van der Waals surface area contributed by atoms with Crippen LogP contribution >= 0.6 is 0 Å². The monoisotopic (exact) mass is 208 g/mol. The normalized spacial score (nSPS) is 17.5. The molecule has 0 fully saturated rings. The molecule has 0 N–H and O–H groups in total. The average Bonchev–Trinajstić information content (AvgIpc) is 2.27. The first-order chi connectivity index (χ1) is 7.26. The van der Waals surface area contributed by atoms with Crippen molar-refractivity contribution in [1.29, 1.82) is 0 Å². The van der Waals surface area contributed by atoms with Crippen LogP contribution < -0.4 is 0 Å². The molecule has 3 heteroatoms. The highest BCUT2D eigenvalue weighted by molar-refractivity contribution is 5.71. The molecule has 0 atom stereocenters. The molecule has 0 spiro atoms. The van der Waals surface area contributed by atoms with Crippen molar-refractivity contribution in [2.45, 2.75) is 19.8 Å². The SMILES string of the molecule is CCOC(=O)C/C=C1/C=CC(OC)=CC1. The van der Waals surface area contributed by atoms with Gasteiger partial charge in [0.2, 0.25) is 0 Å². The summed E-state index contributed by atoms with van der Waals surface area (Å²) < 4.78 is 9.89. The van der Waals surface area contributed by atoms with Crippen molar-refractivity contribution in [2.24, 2.45) is 0 Å². The molecule has 0 saturated carbocycles. The van der Waals surface area contributed by atoms with Crippen molar-refractivity contribution in [3.63, 3.8) is 0 Å². The number of esters is 1. The molecule has 0 radical (unpaired) electrons. The van der Waals surface area contributed by atoms with E-state index in [4.69, 9.17) is 9.47 Å². The lowest BCUT2D eigenvalue weighted by Crippen LogP contribution is -2.02. The minimum absolute atomic E-state index is 0.181. The molecule has 0 saturated heterocycles. The van der Waals surface area contributed by atoms with Crippen LogP contribution in [0.5, 0.6) is 0 Å². The van der Waals surface area contributed by atoms with Crippen LogP contribution in [0.3, 0.4) is 0 Å². The predicted octanol–water partition coefficient (Wildman–Crippen LogP) is 2.36. The molecule has 0 heterocycles. The summed E-state index contributed by atoms with van der Waals surface area (Å²) in [6.45, 7) is 2.24. The van der Waals surface area contributed by atoms with E-state index in [0.717, 1.165) is 17.8 Å². The van der Waals surface area contributed by atoms with Gasteiger partial charge in [-0.25, -0.2) is 0 Å². The van der Waals surface area contributed by atoms with Gasteiger partial charge >= 0.3 is 5.97 Å². The van der Waals surface area contributed by atoms with Gasteiger partial charge in [-0.05, 0) is 31.1 Å². The van der Waals surface area contributed by atoms with Crippen LogP contribution in [0, 0.1) is 0 Å². The van der Waals surface area contributed by atoms with Gasteiger partial charge in [-0.1, -0.05) is 12.2 Å². The van der Waals surface area contributed by atoms with Gasteiger partial charge in [0.05, 0.1) is 20.1 Å². The van der Waals surface area contributed by atoms with Crippen LogP contribution in [0.4, 0.5) is 0 Å². The molecule has 1 aliphatic rings. The fourth-order valence-electron chi connectivity index (χ4n) is 1.28. The highest BCUT2D eigenvalue weighted by atomic mass is 16.5. The zero-order valence-corrected chi connectivity index (χ0v) is 9.16. The number of carbonyl (C=O) groups excluding carboxylic acids is 1. The third kappa shape index (κ3) is 4.02. The van der Waals surface area contributed by atoms with Gasteiger partial charge in [0.25, 0.3) is 0 Å². The summed E-state index contributed by atoms with van der Waals surface area (Å²) in [6.07, 6.45) is 8.86. The number of carbonyl (C=O) groups is 1. The third-order valence-electron chi connectivity index (χ3n) is 2.07. The van der Waals surface area contributed by atoms with Crippen LogP contribution in [0.2, 0.25) is 0 Å². The van der Waals surface area contributed by atoms with Gasteiger partial charge in [0.15, 0.2) is 0 Å². The minimum Gasteiger partial charge on any atom is -0.497 e. The zero-order valence-electron chi connectivity index (χ0n) is 9.16. The van der Waals surface area contributed by atoms with Gasteiger partial charge < -0.3 is 9.47 Å². The van der Waals surface area contributed by atoms with E-state index in [9.17, 15) is 4.79 Å². The van der Waals surface area contributed by atoms with Crippen LogP contribution in [0.15, 0.2) is 35.6 Å². The highest BCUT2D eigenvalue weighted by Crippen LogP contribution is 2.16. The summed E-state index contributed by atoms with van der Waals surface area (Å²) in [6, 6.07) is 0. The van der Waals surface area contributed by atoms with Crippen LogP contribution in [-0.4, -0.2) is 19.7 Å². The first-order valence-corrected chi connectivity index (χ1v) is 5.03. The first-order valence-electron chi connectivity index (χ1n) is 5.03. The molecule has 0 amide bonds. The number of ether oxygens (including phenoxy) is 2. The van der Waals surface area contributed by atoms with E-state index in [1.54, 1.807) is 14.0 Å². The van der Waals surface area contributed by atoms with E-state index in [2.05, 4.69) is 0 Å². The number of hydrogen-bond acceptors (Lipinski definition) is 3. The zero-order chi connectivity index (χ0) is 11.1. The first kappa shape index (κ1) is 11.6. The van der Waals surface area contributed by atoms with E-state index < -0.39 is 0 Å². The number of hydrogen-bond donors (Lipinski definition) is 0. The van der Waals surface area contributed by atoms with Crippen molar-refractivity contribution in [3.05, 3.63) is 35.6 Å². The Labute approximate surface area is 90.1 Å². The van der Waals surface area contributed by atoms with E-state index in [1.165, 1.54) is 0 Å². The van der Waals surface area contributed by atoms with Gasteiger partial charge in [-0.15, -0.1) is 0 Å². The lowest BCUT2D eigenvalue weighted by Gasteiger charge is -2.07. The van der Waals surface area contributed by atoms with Gasteiger partial charge in [0.1, 0.15) is 5.76 Å². The Morgan fingerprint density at radius 2 is 2.33 bits per heavy atom. The maximum Gasteiger partial charge on any atom is 0.309 e. The van der Waals surface area contributed by atoms with Gasteiger partial charge in [0, 0.05) is 0 Å². The summed E-state index contributed by atoms with van der Waals surface area (Å²) in [5, 5.41) is 0. The maximum atomic E-state index is 11.1. The van der Waals surface area contributed by atoms with Crippen LogP contribution in [0.25, 0.3) is 0 Å². The largest absolute Gasteiger partial charge is 0.497 e. The van der Waals surface area contributed by atoms with Crippen molar-refractivity contribution in [2.75, 3.05) is 13.7 Å². The molecule has 0 aromatic rings. The van der Waals surface area contributed by atoms with Crippen molar-refractivity contribution >= 4 is 5.97 Å². The van der Waals surface area contributed by atoms with Crippen LogP contribution in [0.1, 0.15) is 19.8 Å². The van der Waals surface area contributed by atoms with Crippen molar-refractivity contribution in [3.8, 4) is 0 Å². The molecule has 1 rings (SSSR count). The summed E-state index contributed by atoms with van der Waals surface area (Å²) in [5.74, 6) is 0.684. The predicted molar refractivity (Wildman–Crippen MR) is 58.2 cm³/mol. The topological polar surface area (TPSA) is 35.5 Å². The van der Waals surface area contributed by atoms with Crippen molar-refractivity contribution < 1.29 is 14.3 Å². The molecule has 15 heavy (non-hydrogen) atoms. The van der Waals surface area contributed by atoms with Gasteiger partial charge in [-0.2, -0.15) is 0 Å². The second-order valence-corrected chi connectivity index (χ2v) is 3.14. The Kier molecular flexibility index (Phi) is 4.68. The summed E-state index contributed by atoms with van der Waals surface area (Å²) in [5.41, 5.74) is 1.11. The highest BCUT2D eigenvalue weighted by Gasteiger charge is 2.02. The average molecular weight is 208 g/mol. The molecule has 0 aliphatic heterocycles. The van der Waals surface area contributed by atoms with Gasteiger partial charge in [-0.3, -0.25) is 4.79 Å². The molecule has 82 valence electrons. The summed E-state index contributed by atoms with van der Waals surface area (Å²) in [4.78, 5) is 11.1. The van der Waals surface area contributed by atoms with E-state index in [0.29, 0.717) is 13.0 Å².